The second-order valence-electron chi connectivity index (χ2n) is 4.62. The summed E-state index contributed by atoms with van der Waals surface area (Å²) in [5, 5.41) is 0. The molecule has 1 atom stereocenters. The highest BCUT2D eigenvalue weighted by molar-refractivity contribution is 5.45. The van der Waals surface area contributed by atoms with Gasteiger partial charge in [0, 0.05) is 11.1 Å². The van der Waals surface area contributed by atoms with Crippen molar-refractivity contribution < 1.29 is 13.5 Å². The predicted molar refractivity (Wildman–Crippen MR) is 71.9 cm³/mol. The average molecular weight is 263 g/mol. The fraction of sp³-hybridized carbons (Fsp3) is 0.333. The lowest BCUT2D eigenvalue weighted by molar-refractivity contribution is 0.406. The summed E-state index contributed by atoms with van der Waals surface area (Å²) in [5.41, 5.74) is 8.78. The van der Waals surface area contributed by atoms with Crippen LogP contribution in [0.3, 0.4) is 0 Å². The first kappa shape index (κ1) is 13.6. The van der Waals surface area contributed by atoms with E-state index in [1.807, 2.05) is 20.8 Å². The summed E-state index contributed by atoms with van der Waals surface area (Å²) in [6.07, 6.45) is 0. The van der Waals surface area contributed by atoms with Gasteiger partial charge in [0.05, 0.1) is 13.2 Å². The molecule has 0 radical (unpaired) electrons. The van der Waals surface area contributed by atoms with E-state index in [9.17, 15) is 4.39 Å². The van der Waals surface area contributed by atoms with Gasteiger partial charge in [-0.05, 0) is 44.5 Å². The number of hydrogen-bond donors (Lipinski definition) is 1. The Hall–Kier alpha value is -1.81. The van der Waals surface area contributed by atoms with Crippen molar-refractivity contribution in [3.05, 3.63) is 52.2 Å². The van der Waals surface area contributed by atoms with Crippen LogP contribution in [0.1, 0.15) is 34.3 Å². The molecule has 1 unspecified atom stereocenters. The van der Waals surface area contributed by atoms with Crippen LogP contribution in [-0.4, -0.2) is 7.11 Å². The summed E-state index contributed by atoms with van der Waals surface area (Å²) in [6, 6.07) is 3.88. The van der Waals surface area contributed by atoms with Crippen LogP contribution < -0.4 is 10.5 Å². The van der Waals surface area contributed by atoms with E-state index in [0.29, 0.717) is 11.3 Å². The quantitative estimate of drug-likeness (QED) is 0.923. The molecule has 1 heterocycles. The molecule has 0 spiro atoms. The summed E-state index contributed by atoms with van der Waals surface area (Å²) in [6.45, 7) is 5.70. The molecule has 0 bridgehead atoms. The summed E-state index contributed by atoms with van der Waals surface area (Å²) in [4.78, 5) is 0. The minimum absolute atomic E-state index is 0.332. The molecule has 1 aromatic heterocycles. The zero-order valence-electron chi connectivity index (χ0n) is 11.6. The highest BCUT2D eigenvalue weighted by Gasteiger charge is 2.22. The molecule has 19 heavy (non-hydrogen) atoms. The van der Waals surface area contributed by atoms with E-state index in [2.05, 4.69) is 0 Å². The molecule has 2 rings (SSSR count). The Morgan fingerprint density at radius 3 is 2.42 bits per heavy atom. The highest BCUT2D eigenvalue weighted by Crippen LogP contribution is 2.34. The van der Waals surface area contributed by atoms with Gasteiger partial charge in [-0.3, -0.25) is 0 Å². The lowest BCUT2D eigenvalue weighted by Crippen LogP contribution is -2.15. The fourth-order valence-corrected chi connectivity index (χ4v) is 2.37. The van der Waals surface area contributed by atoms with E-state index < -0.39 is 6.04 Å². The number of hydrogen-bond acceptors (Lipinski definition) is 3. The Kier molecular flexibility index (Phi) is 3.62. The van der Waals surface area contributed by atoms with E-state index in [4.69, 9.17) is 14.9 Å². The molecule has 0 aliphatic carbocycles. The number of nitrogens with two attached hydrogens (primary N) is 1. The fourth-order valence-electron chi connectivity index (χ4n) is 2.37. The Labute approximate surface area is 112 Å². The van der Waals surface area contributed by atoms with Crippen LogP contribution in [-0.2, 0) is 0 Å². The van der Waals surface area contributed by atoms with Gasteiger partial charge in [-0.15, -0.1) is 0 Å². The summed E-state index contributed by atoms with van der Waals surface area (Å²) in [7, 11) is 1.55. The smallest absolute Gasteiger partial charge is 0.124 e. The Balaban J connectivity index is 2.55. The number of ether oxygens (including phenoxy) is 1. The van der Waals surface area contributed by atoms with E-state index >= 15 is 0 Å². The summed E-state index contributed by atoms with van der Waals surface area (Å²) in [5.74, 6) is 1.83. The number of furan rings is 1. The highest BCUT2D eigenvalue weighted by atomic mass is 19.1. The third-order valence-electron chi connectivity index (χ3n) is 3.46. The molecule has 0 amide bonds. The van der Waals surface area contributed by atoms with E-state index in [1.165, 1.54) is 12.1 Å². The molecular formula is C15H18FNO2. The molecule has 0 saturated heterocycles. The predicted octanol–water partition coefficient (Wildman–Crippen LogP) is 3.40. The molecule has 0 fully saturated rings. The molecule has 102 valence electrons. The number of aryl methyl sites for hydroxylation is 2. The van der Waals surface area contributed by atoms with E-state index in [1.54, 1.807) is 13.2 Å². The standard InChI is InChI=1S/C15H18FNO2/c1-8-9(2)19-10(3)14(8)15(17)12-7-11(16)5-6-13(12)18-4/h5-7,15H,17H2,1-4H3. The van der Waals surface area contributed by atoms with Crippen LogP contribution in [0, 0.1) is 26.6 Å². The van der Waals surface area contributed by atoms with Crippen molar-refractivity contribution >= 4 is 0 Å². The van der Waals surface area contributed by atoms with Crippen LogP contribution in [0.25, 0.3) is 0 Å². The van der Waals surface area contributed by atoms with Crippen LogP contribution in [0.15, 0.2) is 22.6 Å². The van der Waals surface area contributed by atoms with Crippen LogP contribution >= 0.6 is 0 Å². The average Bonchev–Trinajstić information content (AvgIpc) is 2.62. The zero-order chi connectivity index (χ0) is 14.2. The van der Waals surface area contributed by atoms with Crippen molar-refractivity contribution in [2.45, 2.75) is 26.8 Å². The molecule has 1 aromatic carbocycles. The van der Waals surface area contributed by atoms with Gasteiger partial charge in [0.1, 0.15) is 23.1 Å². The molecule has 0 aliphatic rings. The second-order valence-corrected chi connectivity index (χ2v) is 4.62. The SMILES string of the molecule is COc1ccc(F)cc1C(N)c1c(C)oc(C)c1C. The van der Waals surface area contributed by atoms with Crippen molar-refractivity contribution in [3.63, 3.8) is 0 Å². The van der Waals surface area contributed by atoms with Gasteiger partial charge in [-0.2, -0.15) is 0 Å². The van der Waals surface area contributed by atoms with Crippen molar-refractivity contribution in [2.24, 2.45) is 5.73 Å². The molecule has 3 nitrogen and oxygen atoms in total. The summed E-state index contributed by atoms with van der Waals surface area (Å²) >= 11 is 0. The number of benzene rings is 1. The van der Waals surface area contributed by atoms with Crippen LogP contribution in [0.2, 0.25) is 0 Å². The number of methoxy groups -OCH3 is 1. The lowest BCUT2D eigenvalue weighted by atomic mass is 9.95. The van der Waals surface area contributed by atoms with Gasteiger partial charge in [0.2, 0.25) is 0 Å². The number of rotatable bonds is 3. The molecular weight excluding hydrogens is 245 g/mol. The Morgan fingerprint density at radius 1 is 1.21 bits per heavy atom. The normalized spacial score (nSPS) is 12.5. The summed E-state index contributed by atoms with van der Waals surface area (Å²) < 4.78 is 24.3. The maximum absolute atomic E-state index is 13.4. The van der Waals surface area contributed by atoms with Crippen molar-refractivity contribution in [1.29, 1.82) is 0 Å². The topological polar surface area (TPSA) is 48.4 Å². The first-order valence-electron chi connectivity index (χ1n) is 6.11. The van der Waals surface area contributed by atoms with Crippen LogP contribution in [0.4, 0.5) is 4.39 Å². The van der Waals surface area contributed by atoms with Gasteiger partial charge in [-0.25, -0.2) is 4.39 Å². The van der Waals surface area contributed by atoms with Gasteiger partial charge >= 0.3 is 0 Å². The third-order valence-corrected chi connectivity index (χ3v) is 3.46. The maximum Gasteiger partial charge on any atom is 0.124 e. The van der Waals surface area contributed by atoms with Crippen molar-refractivity contribution in [1.82, 2.24) is 0 Å². The third kappa shape index (κ3) is 2.36. The largest absolute Gasteiger partial charge is 0.496 e. The Morgan fingerprint density at radius 2 is 1.89 bits per heavy atom. The molecule has 2 aromatic rings. The first-order valence-corrected chi connectivity index (χ1v) is 6.11. The zero-order valence-corrected chi connectivity index (χ0v) is 11.6. The first-order chi connectivity index (χ1) is 8.95. The van der Waals surface area contributed by atoms with Crippen LogP contribution in [0.5, 0.6) is 5.75 Å². The van der Waals surface area contributed by atoms with Gasteiger partial charge in [0.25, 0.3) is 0 Å². The number of halogens is 1. The maximum atomic E-state index is 13.4. The lowest BCUT2D eigenvalue weighted by Gasteiger charge is -2.16. The molecule has 4 heteroatoms. The molecule has 0 saturated carbocycles. The van der Waals surface area contributed by atoms with Gasteiger partial charge < -0.3 is 14.9 Å². The second kappa shape index (κ2) is 5.05. The molecule has 2 N–H and O–H groups in total. The van der Waals surface area contributed by atoms with Gasteiger partial charge in [-0.1, -0.05) is 0 Å². The van der Waals surface area contributed by atoms with Gasteiger partial charge in [0.15, 0.2) is 0 Å². The minimum atomic E-state index is -0.469. The van der Waals surface area contributed by atoms with Crippen molar-refractivity contribution in [2.75, 3.05) is 7.11 Å². The van der Waals surface area contributed by atoms with Crippen molar-refractivity contribution in [3.8, 4) is 5.75 Å². The Bertz CT molecular complexity index is 604. The monoisotopic (exact) mass is 263 g/mol. The molecule has 0 aliphatic heterocycles. The minimum Gasteiger partial charge on any atom is -0.496 e. The van der Waals surface area contributed by atoms with E-state index in [0.717, 1.165) is 22.6 Å². The van der Waals surface area contributed by atoms with E-state index in [-0.39, 0.29) is 5.82 Å².